The largest absolute Gasteiger partial charge is 0.396 e. The highest BCUT2D eigenvalue weighted by Gasteiger charge is 2.21. The molecule has 1 heterocycles. The van der Waals surface area contributed by atoms with Gasteiger partial charge in [0.15, 0.2) is 0 Å². The number of nitrogens with zero attached hydrogens (tertiary/aromatic N) is 2. The number of aliphatic hydroxyl groups is 1. The molecule has 1 atom stereocenters. The zero-order chi connectivity index (χ0) is 17.7. The van der Waals surface area contributed by atoms with Gasteiger partial charge in [-0.25, -0.2) is 0 Å². The van der Waals surface area contributed by atoms with Crippen molar-refractivity contribution in [1.82, 2.24) is 9.47 Å². The number of aromatic nitrogens is 1. The van der Waals surface area contributed by atoms with Gasteiger partial charge in [-0.05, 0) is 25.8 Å². The molecule has 6 heteroatoms. The summed E-state index contributed by atoms with van der Waals surface area (Å²) in [6.07, 6.45) is 0.755. The van der Waals surface area contributed by atoms with Crippen molar-refractivity contribution in [2.24, 2.45) is 0 Å². The van der Waals surface area contributed by atoms with E-state index < -0.39 is 0 Å². The standard InChI is InChI=1S/C18H24N2O3S/c1-13-14(2)24-18(23)20(13)11-9-17(22)19(3)16(10-12-21)15-7-5-4-6-8-15/h4-8,16,21H,9-12H2,1-3H3. The number of hydrogen-bond acceptors (Lipinski definition) is 4. The molecule has 0 bridgehead atoms. The van der Waals surface area contributed by atoms with Gasteiger partial charge in [-0.2, -0.15) is 0 Å². The lowest BCUT2D eigenvalue weighted by Gasteiger charge is -2.28. The van der Waals surface area contributed by atoms with Gasteiger partial charge < -0.3 is 14.6 Å². The van der Waals surface area contributed by atoms with Crippen LogP contribution in [-0.2, 0) is 11.3 Å². The van der Waals surface area contributed by atoms with Gasteiger partial charge in [0.2, 0.25) is 5.91 Å². The lowest BCUT2D eigenvalue weighted by atomic mass is 10.0. The Morgan fingerprint density at radius 3 is 2.50 bits per heavy atom. The first-order valence-corrected chi connectivity index (χ1v) is 8.85. The van der Waals surface area contributed by atoms with Crippen LogP contribution in [0.2, 0.25) is 0 Å². The molecule has 2 rings (SSSR count). The maximum absolute atomic E-state index is 12.6. The number of hydrogen-bond donors (Lipinski definition) is 1. The third-order valence-electron chi connectivity index (χ3n) is 4.37. The van der Waals surface area contributed by atoms with Crippen LogP contribution in [-0.4, -0.2) is 34.1 Å². The molecular weight excluding hydrogens is 324 g/mol. The van der Waals surface area contributed by atoms with E-state index in [1.54, 1.807) is 16.5 Å². The Hall–Kier alpha value is -1.92. The molecule has 130 valence electrons. The van der Waals surface area contributed by atoms with Crippen molar-refractivity contribution in [3.05, 3.63) is 56.1 Å². The van der Waals surface area contributed by atoms with Gasteiger partial charge >= 0.3 is 4.87 Å². The van der Waals surface area contributed by atoms with Gasteiger partial charge in [0, 0.05) is 37.2 Å². The number of thiazole rings is 1. The molecule has 0 aliphatic carbocycles. The van der Waals surface area contributed by atoms with Crippen molar-refractivity contribution in [2.45, 2.75) is 39.3 Å². The van der Waals surface area contributed by atoms with E-state index in [2.05, 4.69) is 0 Å². The maximum Gasteiger partial charge on any atom is 0.307 e. The minimum Gasteiger partial charge on any atom is -0.396 e. The highest BCUT2D eigenvalue weighted by Crippen LogP contribution is 2.23. The van der Waals surface area contributed by atoms with E-state index in [0.29, 0.717) is 13.0 Å². The van der Waals surface area contributed by atoms with Gasteiger partial charge in [0.1, 0.15) is 0 Å². The van der Waals surface area contributed by atoms with E-state index in [1.165, 1.54) is 11.3 Å². The molecule has 1 aromatic heterocycles. The van der Waals surface area contributed by atoms with Crippen molar-refractivity contribution in [3.63, 3.8) is 0 Å². The molecule has 1 N–H and O–H groups in total. The summed E-state index contributed by atoms with van der Waals surface area (Å²) in [4.78, 5) is 27.1. The van der Waals surface area contributed by atoms with Crippen molar-refractivity contribution in [3.8, 4) is 0 Å². The summed E-state index contributed by atoms with van der Waals surface area (Å²) in [5, 5.41) is 9.33. The Balaban J connectivity index is 2.08. The quantitative estimate of drug-likeness (QED) is 0.836. The molecule has 0 fully saturated rings. The Morgan fingerprint density at radius 1 is 1.29 bits per heavy atom. The van der Waals surface area contributed by atoms with Crippen molar-refractivity contribution in [2.75, 3.05) is 13.7 Å². The van der Waals surface area contributed by atoms with Crippen molar-refractivity contribution in [1.29, 1.82) is 0 Å². The second-order valence-corrected chi connectivity index (χ2v) is 7.02. The topological polar surface area (TPSA) is 62.5 Å². The number of rotatable bonds is 7. The van der Waals surface area contributed by atoms with Crippen LogP contribution in [0, 0.1) is 13.8 Å². The second-order valence-electron chi connectivity index (χ2n) is 5.85. The van der Waals surface area contributed by atoms with Gasteiger partial charge in [0.25, 0.3) is 0 Å². The smallest absolute Gasteiger partial charge is 0.307 e. The number of aryl methyl sites for hydroxylation is 1. The number of benzene rings is 1. The molecule has 0 radical (unpaired) electrons. The van der Waals surface area contributed by atoms with E-state index in [9.17, 15) is 14.7 Å². The summed E-state index contributed by atoms with van der Waals surface area (Å²) < 4.78 is 1.66. The van der Waals surface area contributed by atoms with Crippen molar-refractivity contribution < 1.29 is 9.90 Å². The minimum absolute atomic E-state index is 0.0134. The molecule has 0 saturated heterocycles. The predicted octanol–water partition coefficient (Wildman–Crippen LogP) is 2.50. The Morgan fingerprint density at radius 2 is 1.96 bits per heavy atom. The highest BCUT2D eigenvalue weighted by atomic mass is 32.1. The van der Waals surface area contributed by atoms with Gasteiger partial charge in [-0.15, -0.1) is 0 Å². The molecule has 1 unspecified atom stereocenters. The zero-order valence-electron chi connectivity index (χ0n) is 14.4. The Bertz CT molecular complexity index is 736. The minimum atomic E-state index is -0.161. The number of carbonyl (C=O) groups excluding carboxylic acids is 1. The lowest BCUT2D eigenvalue weighted by molar-refractivity contribution is -0.132. The van der Waals surface area contributed by atoms with Crippen LogP contribution < -0.4 is 4.87 Å². The molecule has 0 aliphatic rings. The molecule has 1 aromatic carbocycles. The average Bonchev–Trinajstić information content (AvgIpc) is 2.83. The van der Waals surface area contributed by atoms with Crippen LogP contribution >= 0.6 is 11.3 Å². The van der Waals surface area contributed by atoms with Gasteiger partial charge in [-0.3, -0.25) is 9.59 Å². The summed E-state index contributed by atoms with van der Waals surface area (Å²) in [6.45, 7) is 4.22. The average molecular weight is 348 g/mol. The van der Waals surface area contributed by atoms with Crippen LogP contribution in [0.4, 0.5) is 0 Å². The fourth-order valence-electron chi connectivity index (χ4n) is 2.78. The van der Waals surface area contributed by atoms with Crippen LogP contribution in [0.1, 0.15) is 35.0 Å². The zero-order valence-corrected chi connectivity index (χ0v) is 15.2. The molecule has 0 spiro atoms. The fraction of sp³-hybridized carbons (Fsp3) is 0.444. The van der Waals surface area contributed by atoms with Crippen molar-refractivity contribution >= 4 is 17.2 Å². The Labute approximate surface area is 146 Å². The second kappa shape index (κ2) is 8.26. The molecule has 2 aromatic rings. The lowest BCUT2D eigenvalue weighted by Crippen LogP contribution is -2.33. The fourth-order valence-corrected chi connectivity index (χ4v) is 3.64. The molecule has 0 aliphatic heterocycles. The van der Waals surface area contributed by atoms with Gasteiger partial charge in [-0.1, -0.05) is 41.7 Å². The van der Waals surface area contributed by atoms with E-state index in [-0.39, 0.29) is 29.8 Å². The third-order valence-corrected chi connectivity index (χ3v) is 5.37. The number of amides is 1. The van der Waals surface area contributed by atoms with E-state index >= 15 is 0 Å². The first kappa shape index (κ1) is 18.4. The SMILES string of the molecule is Cc1sc(=O)n(CCC(=O)N(C)C(CCO)c2ccccc2)c1C. The number of carbonyl (C=O) groups is 1. The third kappa shape index (κ3) is 4.13. The molecule has 0 saturated carbocycles. The first-order chi connectivity index (χ1) is 11.5. The van der Waals surface area contributed by atoms with Crippen LogP contribution in [0.25, 0.3) is 0 Å². The Kier molecular flexibility index (Phi) is 6.34. The maximum atomic E-state index is 12.6. The van der Waals surface area contributed by atoms with Crippen LogP contribution in [0.15, 0.2) is 35.1 Å². The normalized spacial score (nSPS) is 12.2. The molecule has 5 nitrogen and oxygen atoms in total. The van der Waals surface area contributed by atoms with Crippen LogP contribution in [0.5, 0.6) is 0 Å². The van der Waals surface area contributed by atoms with Crippen LogP contribution in [0.3, 0.4) is 0 Å². The van der Waals surface area contributed by atoms with E-state index in [0.717, 1.165) is 16.1 Å². The summed E-state index contributed by atoms with van der Waals surface area (Å²) in [5.41, 5.74) is 1.93. The number of aliphatic hydroxyl groups excluding tert-OH is 1. The van der Waals surface area contributed by atoms with E-state index in [1.807, 2.05) is 44.2 Å². The predicted molar refractivity (Wildman–Crippen MR) is 96.3 cm³/mol. The monoisotopic (exact) mass is 348 g/mol. The summed E-state index contributed by atoms with van der Waals surface area (Å²) in [7, 11) is 1.75. The summed E-state index contributed by atoms with van der Waals surface area (Å²) in [5.74, 6) is -0.0348. The first-order valence-electron chi connectivity index (χ1n) is 8.04. The van der Waals surface area contributed by atoms with Gasteiger partial charge in [0.05, 0.1) is 6.04 Å². The van der Waals surface area contributed by atoms with E-state index in [4.69, 9.17) is 0 Å². The molecular formula is C18H24N2O3S. The summed E-state index contributed by atoms with van der Waals surface area (Å²) in [6, 6.07) is 9.53. The molecule has 24 heavy (non-hydrogen) atoms. The summed E-state index contributed by atoms with van der Waals surface area (Å²) >= 11 is 1.22. The highest BCUT2D eigenvalue weighted by molar-refractivity contribution is 7.09. The molecule has 1 amide bonds.